The van der Waals surface area contributed by atoms with E-state index < -0.39 is 29.5 Å². The minimum atomic E-state index is -4.59. The molecule has 2 unspecified atom stereocenters. The molecule has 2 amide bonds. The molecule has 0 aromatic heterocycles. The van der Waals surface area contributed by atoms with Crippen molar-refractivity contribution in [3.05, 3.63) is 94.3 Å². The Morgan fingerprint density at radius 3 is 2.43 bits per heavy atom. The number of nitrogens with one attached hydrogen (secondary N) is 2. The number of carbonyl (C=O) groups excluding carboxylic acids is 2. The molecule has 2 aliphatic rings. The van der Waals surface area contributed by atoms with Gasteiger partial charge in [0.25, 0.3) is 0 Å². The number of anilines is 2. The second-order valence-electron chi connectivity index (χ2n) is 8.54. The summed E-state index contributed by atoms with van der Waals surface area (Å²) in [5, 5.41) is 5.46. The quantitative estimate of drug-likeness (QED) is 0.499. The lowest BCUT2D eigenvalue weighted by atomic mass is 9.96. The average Bonchev–Trinajstić information content (AvgIpc) is 3.02. The molecule has 0 saturated heterocycles. The molecule has 3 aromatic carbocycles. The standard InChI is InChI=1S/C26H19F4N3O2/c1-13-17-8-6-15(11-21(17)33-24(13)34)23-18-12-16(27)7-9-20(18)32-25(35)22(31-23)10-14-4-2-3-5-19(14)26(28,29)30/h2-9,11-13,22H,10H2,1H3,(H,32,35)(H,33,34). The molecule has 0 radical (unpaired) electrons. The van der Waals surface area contributed by atoms with Crippen LogP contribution in [0, 0.1) is 5.82 Å². The molecule has 35 heavy (non-hydrogen) atoms. The second-order valence-corrected chi connectivity index (χ2v) is 8.54. The first-order valence-electron chi connectivity index (χ1n) is 10.9. The van der Waals surface area contributed by atoms with Crippen molar-refractivity contribution in [2.45, 2.75) is 31.5 Å². The van der Waals surface area contributed by atoms with E-state index in [2.05, 4.69) is 15.6 Å². The molecule has 2 heterocycles. The summed E-state index contributed by atoms with van der Waals surface area (Å²) in [6.07, 6.45) is -4.90. The van der Waals surface area contributed by atoms with Crippen LogP contribution in [0.25, 0.3) is 0 Å². The van der Waals surface area contributed by atoms with E-state index in [0.29, 0.717) is 22.5 Å². The Hall–Kier alpha value is -4.01. The molecule has 0 aliphatic carbocycles. The summed E-state index contributed by atoms with van der Waals surface area (Å²) in [5.41, 5.74) is 1.77. The normalized spacial score (nSPS) is 19.3. The fourth-order valence-corrected chi connectivity index (χ4v) is 4.44. The van der Waals surface area contributed by atoms with Crippen LogP contribution in [0.2, 0.25) is 0 Å². The highest BCUT2D eigenvalue weighted by Crippen LogP contribution is 2.36. The first kappa shape index (κ1) is 22.8. The molecular weight excluding hydrogens is 462 g/mol. The van der Waals surface area contributed by atoms with Crippen LogP contribution in [0.1, 0.15) is 40.7 Å². The fourth-order valence-electron chi connectivity index (χ4n) is 4.44. The van der Waals surface area contributed by atoms with Gasteiger partial charge < -0.3 is 10.6 Å². The number of aliphatic imine (C=N–C) groups is 1. The Kier molecular flexibility index (Phi) is 5.42. The number of benzodiazepines with no additional fused rings is 1. The molecule has 0 bridgehead atoms. The highest BCUT2D eigenvalue weighted by atomic mass is 19.4. The molecule has 0 spiro atoms. The van der Waals surface area contributed by atoms with Crippen molar-refractivity contribution in [3.8, 4) is 0 Å². The summed E-state index contributed by atoms with van der Waals surface area (Å²) in [4.78, 5) is 29.7. The van der Waals surface area contributed by atoms with E-state index in [1.807, 2.05) is 0 Å². The maximum atomic E-state index is 14.2. The number of benzene rings is 3. The van der Waals surface area contributed by atoms with Gasteiger partial charge in [-0.3, -0.25) is 14.6 Å². The van der Waals surface area contributed by atoms with Crippen LogP contribution in [-0.2, 0) is 22.2 Å². The maximum Gasteiger partial charge on any atom is 0.416 e. The molecule has 0 fully saturated rings. The second kappa shape index (κ2) is 8.33. The Bertz CT molecular complexity index is 1400. The van der Waals surface area contributed by atoms with E-state index in [1.165, 1.54) is 36.4 Å². The van der Waals surface area contributed by atoms with Gasteiger partial charge in [0.2, 0.25) is 11.8 Å². The van der Waals surface area contributed by atoms with Crippen LogP contribution in [0.5, 0.6) is 0 Å². The monoisotopic (exact) mass is 481 g/mol. The third-order valence-electron chi connectivity index (χ3n) is 6.26. The zero-order valence-corrected chi connectivity index (χ0v) is 18.4. The molecule has 3 aromatic rings. The summed E-state index contributed by atoms with van der Waals surface area (Å²) < 4.78 is 54.9. The highest BCUT2D eigenvalue weighted by Gasteiger charge is 2.35. The molecule has 9 heteroatoms. The van der Waals surface area contributed by atoms with E-state index in [4.69, 9.17) is 0 Å². The van der Waals surface area contributed by atoms with Gasteiger partial charge in [-0.15, -0.1) is 0 Å². The first-order chi connectivity index (χ1) is 16.6. The van der Waals surface area contributed by atoms with Crippen molar-refractivity contribution in [1.82, 2.24) is 0 Å². The molecule has 0 saturated carbocycles. The lowest BCUT2D eigenvalue weighted by molar-refractivity contribution is -0.138. The zero-order chi connectivity index (χ0) is 24.9. The zero-order valence-electron chi connectivity index (χ0n) is 18.4. The highest BCUT2D eigenvalue weighted by molar-refractivity contribution is 6.20. The molecule has 2 aliphatic heterocycles. The summed E-state index contributed by atoms with van der Waals surface area (Å²) in [6, 6.07) is 12.8. The van der Waals surface area contributed by atoms with Crippen molar-refractivity contribution >= 4 is 28.9 Å². The van der Waals surface area contributed by atoms with E-state index in [9.17, 15) is 27.2 Å². The van der Waals surface area contributed by atoms with Crippen LogP contribution in [-0.4, -0.2) is 23.6 Å². The van der Waals surface area contributed by atoms with Gasteiger partial charge in [-0.2, -0.15) is 13.2 Å². The minimum absolute atomic E-state index is 0.0737. The molecular formula is C26H19F4N3O2. The van der Waals surface area contributed by atoms with E-state index >= 15 is 0 Å². The van der Waals surface area contributed by atoms with Gasteiger partial charge in [-0.05, 0) is 48.4 Å². The van der Waals surface area contributed by atoms with Gasteiger partial charge in [-0.1, -0.05) is 30.3 Å². The SMILES string of the molecule is CC1C(=O)Nc2cc(C3=NC(Cc4ccccc4C(F)(F)F)C(=O)Nc4ccc(F)cc43)ccc21. The van der Waals surface area contributed by atoms with Crippen molar-refractivity contribution < 1.29 is 27.2 Å². The molecule has 178 valence electrons. The van der Waals surface area contributed by atoms with E-state index in [1.54, 1.807) is 25.1 Å². The van der Waals surface area contributed by atoms with Gasteiger partial charge in [0.1, 0.15) is 11.9 Å². The number of rotatable bonds is 3. The number of hydrogen-bond acceptors (Lipinski definition) is 3. The smallest absolute Gasteiger partial charge is 0.325 e. The van der Waals surface area contributed by atoms with E-state index in [0.717, 1.165) is 11.6 Å². The summed E-state index contributed by atoms with van der Waals surface area (Å²) in [7, 11) is 0. The van der Waals surface area contributed by atoms with Gasteiger partial charge >= 0.3 is 6.18 Å². The molecule has 2 N–H and O–H groups in total. The van der Waals surface area contributed by atoms with Crippen molar-refractivity contribution in [2.75, 3.05) is 10.6 Å². The summed E-state index contributed by atoms with van der Waals surface area (Å²) in [6.45, 7) is 1.77. The number of carbonyl (C=O) groups is 2. The number of nitrogens with zero attached hydrogens (tertiary/aromatic N) is 1. The number of fused-ring (bicyclic) bond motifs is 2. The number of halogens is 4. The van der Waals surface area contributed by atoms with Crippen LogP contribution in [0.4, 0.5) is 28.9 Å². The lowest BCUT2D eigenvalue weighted by Crippen LogP contribution is -2.28. The fraction of sp³-hybridized carbons (Fsp3) is 0.192. The van der Waals surface area contributed by atoms with Gasteiger partial charge in [0, 0.05) is 23.2 Å². The largest absolute Gasteiger partial charge is 0.416 e. The lowest BCUT2D eigenvalue weighted by Gasteiger charge is -2.16. The summed E-state index contributed by atoms with van der Waals surface area (Å²) >= 11 is 0. The Morgan fingerprint density at radius 1 is 0.914 bits per heavy atom. The average molecular weight is 481 g/mol. The third-order valence-corrected chi connectivity index (χ3v) is 6.26. The Morgan fingerprint density at radius 2 is 1.66 bits per heavy atom. The molecule has 5 rings (SSSR count). The van der Waals surface area contributed by atoms with Crippen LogP contribution < -0.4 is 10.6 Å². The predicted octanol–water partition coefficient (Wildman–Crippen LogP) is 5.30. The number of amides is 2. The van der Waals surface area contributed by atoms with Gasteiger partial charge in [-0.25, -0.2) is 4.39 Å². The van der Waals surface area contributed by atoms with Crippen LogP contribution >= 0.6 is 0 Å². The maximum absolute atomic E-state index is 14.2. The third kappa shape index (κ3) is 4.18. The number of alkyl halides is 3. The Labute approximate surface area is 197 Å². The number of hydrogen-bond donors (Lipinski definition) is 2. The van der Waals surface area contributed by atoms with Crippen LogP contribution in [0.15, 0.2) is 65.7 Å². The molecule has 5 nitrogen and oxygen atoms in total. The van der Waals surface area contributed by atoms with Crippen LogP contribution in [0.3, 0.4) is 0 Å². The topological polar surface area (TPSA) is 70.6 Å². The predicted molar refractivity (Wildman–Crippen MR) is 123 cm³/mol. The van der Waals surface area contributed by atoms with Crippen molar-refractivity contribution in [3.63, 3.8) is 0 Å². The summed E-state index contributed by atoms with van der Waals surface area (Å²) in [5.74, 6) is -1.66. The van der Waals surface area contributed by atoms with E-state index in [-0.39, 0.29) is 29.5 Å². The van der Waals surface area contributed by atoms with Crippen molar-refractivity contribution in [1.29, 1.82) is 0 Å². The first-order valence-corrected chi connectivity index (χ1v) is 10.9. The Balaban J connectivity index is 1.63. The van der Waals surface area contributed by atoms with Crippen molar-refractivity contribution in [2.24, 2.45) is 4.99 Å². The minimum Gasteiger partial charge on any atom is -0.325 e. The van der Waals surface area contributed by atoms with Gasteiger partial charge in [0.15, 0.2) is 0 Å². The van der Waals surface area contributed by atoms with Gasteiger partial charge in [0.05, 0.1) is 22.9 Å². The molecule has 2 atom stereocenters.